The van der Waals surface area contributed by atoms with E-state index < -0.39 is 0 Å². The molecule has 1 fully saturated rings. The van der Waals surface area contributed by atoms with Gasteiger partial charge in [0.15, 0.2) is 0 Å². The highest BCUT2D eigenvalue weighted by Gasteiger charge is 2.14. The summed E-state index contributed by atoms with van der Waals surface area (Å²) in [6.45, 7) is 7.46. The molecule has 0 saturated carbocycles. The number of nitrogens with one attached hydrogen (secondary N) is 2. The Morgan fingerprint density at radius 2 is 2.12 bits per heavy atom. The molecule has 0 atom stereocenters. The second-order valence-electron chi connectivity index (χ2n) is 7.14. The fourth-order valence-corrected chi connectivity index (χ4v) is 3.56. The van der Waals surface area contributed by atoms with Gasteiger partial charge in [-0.3, -0.25) is 9.48 Å². The van der Waals surface area contributed by atoms with Crippen LogP contribution >= 0.6 is 0 Å². The predicted molar refractivity (Wildman–Crippen MR) is 102 cm³/mol. The lowest BCUT2D eigenvalue weighted by Gasteiger charge is -2.22. The van der Waals surface area contributed by atoms with Crippen LogP contribution in [0.2, 0.25) is 0 Å². The Morgan fingerprint density at radius 3 is 2.85 bits per heavy atom. The van der Waals surface area contributed by atoms with E-state index in [9.17, 15) is 4.79 Å². The first-order valence-electron chi connectivity index (χ1n) is 9.58. The summed E-state index contributed by atoms with van der Waals surface area (Å²) in [5.74, 6) is 2.43. The average molecular weight is 355 g/mol. The van der Waals surface area contributed by atoms with E-state index in [4.69, 9.17) is 0 Å². The molecule has 0 unspecified atom stereocenters. The third-order valence-electron chi connectivity index (χ3n) is 4.97. The molecule has 1 amide bonds. The Bertz CT molecular complexity index is 734. The summed E-state index contributed by atoms with van der Waals surface area (Å²) in [5.41, 5.74) is 2.02. The maximum absolute atomic E-state index is 12.4. The second-order valence-corrected chi connectivity index (χ2v) is 7.14. The lowest BCUT2D eigenvalue weighted by Crippen LogP contribution is -2.28. The third kappa shape index (κ3) is 5.14. The Hall–Kier alpha value is -2.21. The molecule has 3 rings (SSSR count). The minimum Gasteiger partial charge on any atom is -0.352 e. The number of carbonyl (C=O) groups excluding carboxylic acids is 1. The van der Waals surface area contributed by atoms with E-state index >= 15 is 0 Å². The van der Waals surface area contributed by atoms with Crippen LogP contribution in [0.25, 0.3) is 0 Å². The van der Waals surface area contributed by atoms with Crippen molar-refractivity contribution in [2.75, 3.05) is 19.6 Å². The van der Waals surface area contributed by atoms with Crippen LogP contribution in [0.3, 0.4) is 0 Å². The van der Waals surface area contributed by atoms with Gasteiger partial charge in [0.1, 0.15) is 11.6 Å². The molecule has 1 aromatic heterocycles. The van der Waals surface area contributed by atoms with Gasteiger partial charge >= 0.3 is 0 Å². The van der Waals surface area contributed by atoms with Gasteiger partial charge in [-0.15, -0.1) is 0 Å². The van der Waals surface area contributed by atoms with Crippen LogP contribution < -0.4 is 10.6 Å². The molecule has 2 heterocycles. The first-order valence-corrected chi connectivity index (χ1v) is 9.58. The van der Waals surface area contributed by atoms with Gasteiger partial charge in [0, 0.05) is 18.7 Å². The maximum Gasteiger partial charge on any atom is 0.251 e. The lowest BCUT2D eigenvalue weighted by atomic mass is 9.90. The highest BCUT2D eigenvalue weighted by atomic mass is 16.1. The average Bonchev–Trinajstić information content (AvgIpc) is 2.97. The van der Waals surface area contributed by atoms with Crippen molar-refractivity contribution in [3.8, 4) is 0 Å². The van der Waals surface area contributed by atoms with Crippen molar-refractivity contribution in [2.45, 2.75) is 46.1 Å². The number of carbonyl (C=O) groups is 1. The minimum atomic E-state index is 0.00338. The summed E-state index contributed by atoms with van der Waals surface area (Å²) >= 11 is 0. The summed E-state index contributed by atoms with van der Waals surface area (Å²) in [6, 6.07) is 8.07. The number of benzene rings is 1. The van der Waals surface area contributed by atoms with Gasteiger partial charge in [0.25, 0.3) is 5.91 Å². The summed E-state index contributed by atoms with van der Waals surface area (Å²) in [4.78, 5) is 16.7. The molecular weight excluding hydrogens is 326 g/mol. The molecule has 2 N–H and O–H groups in total. The smallest absolute Gasteiger partial charge is 0.251 e. The van der Waals surface area contributed by atoms with Crippen molar-refractivity contribution in [3.05, 3.63) is 47.0 Å². The number of nitrogens with zero attached hydrogens (tertiary/aromatic N) is 3. The Balaban J connectivity index is 1.46. The minimum absolute atomic E-state index is 0.00338. The van der Waals surface area contributed by atoms with Gasteiger partial charge in [-0.25, -0.2) is 4.98 Å². The maximum atomic E-state index is 12.4. The van der Waals surface area contributed by atoms with E-state index in [1.165, 1.54) is 18.4 Å². The van der Waals surface area contributed by atoms with Gasteiger partial charge in [-0.05, 0) is 76.2 Å². The normalized spacial score (nSPS) is 15.2. The monoisotopic (exact) mass is 355 g/mol. The Kier molecular flexibility index (Phi) is 6.39. The molecule has 1 aliphatic rings. The number of rotatable bonds is 7. The number of aryl methyl sites for hydroxylation is 3. The molecule has 6 heteroatoms. The van der Waals surface area contributed by atoms with Crippen LogP contribution in [0.1, 0.15) is 46.8 Å². The zero-order valence-corrected chi connectivity index (χ0v) is 15.8. The van der Waals surface area contributed by atoms with Crippen LogP contribution in [0.5, 0.6) is 0 Å². The quantitative estimate of drug-likeness (QED) is 0.748. The van der Waals surface area contributed by atoms with Gasteiger partial charge in [-0.1, -0.05) is 12.1 Å². The van der Waals surface area contributed by atoms with Crippen LogP contribution in [0.15, 0.2) is 24.3 Å². The summed E-state index contributed by atoms with van der Waals surface area (Å²) in [6.07, 6.45) is 4.34. The van der Waals surface area contributed by atoms with E-state index in [2.05, 4.69) is 26.8 Å². The molecule has 1 aliphatic heterocycles. The van der Waals surface area contributed by atoms with E-state index in [1.54, 1.807) is 0 Å². The number of hydrogen-bond donors (Lipinski definition) is 2. The SMILES string of the molecule is Cc1nc(C)n(CCCNC(=O)c2cccc(CC3CCNCC3)c2)n1. The summed E-state index contributed by atoms with van der Waals surface area (Å²) < 4.78 is 1.89. The summed E-state index contributed by atoms with van der Waals surface area (Å²) in [7, 11) is 0. The van der Waals surface area contributed by atoms with E-state index in [0.29, 0.717) is 6.54 Å². The molecule has 2 aromatic rings. The molecule has 1 aromatic carbocycles. The van der Waals surface area contributed by atoms with E-state index in [0.717, 1.165) is 55.6 Å². The molecule has 0 radical (unpaired) electrons. The first kappa shape index (κ1) is 18.6. The van der Waals surface area contributed by atoms with E-state index in [-0.39, 0.29) is 5.91 Å². The van der Waals surface area contributed by atoms with Crippen molar-refractivity contribution < 1.29 is 4.79 Å². The van der Waals surface area contributed by atoms with Crippen LogP contribution in [0, 0.1) is 19.8 Å². The fourth-order valence-electron chi connectivity index (χ4n) is 3.56. The van der Waals surface area contributed by atoms with Crippen molar-refractivity contribution in [1.82, 2.24) is 25.4 Å². The van der Waals surface area contributed by atoms with Crippen molar-refractivity contribution >= 4 is 5.91 Å². The first-order chi connectivity index (χ1) is 12.6. The number of hydrogen-bond acceptors (Lipinski definition) is 4. The topological polar surface area (TPSA) is 71.8 Å². The standard InChI is InChI=1S/C20H29N5O/c1-15-23-16(2)25(24-15)12-4-9-22-20(26)19-6-3-5-18(14-19)13-17-7-10-21-11-8-17/h3,5-6,14,17,21H,4,7-13H2,1-2H3,(H,22,26). The number of amides is 1. The van der Waals surface area contributed by atoms with Gasteiger partial charge < -0.3 is 10.6 Å². The zero-order valence-electron chi connectivity index (χ0n) is 15.8. The van der Waals surface area contributed by atoms with Gasteiger partial charge in [0.05, 0.1) is 0 Å². The summed E-state index contributed by atoms with van der Waals surface area (Å²) in [5, 5.41) is 10.8. The molecule has 6 nitrogen and oxygen atoms in total. The third-order valence-corrected chi connectivity index (χ3v) is 4.97. The molecule has 140 valence electrons. The molecule has 26 heavy (non-hydrogen) atoms. The largest absolute Gasteiger partial charge is 0.352 e. The van der Waals surface area contributed by atoms with Crippen molar-refractivity contribution in [1.29, 1.82) is 0 Å². The highest BCUT2D eigenvalue weighted by molar-refractivity contribution is 5.94. The van der Waals surface area contributed by atoms with Crippen LogP contribution in [-0.4, -0.2) is 40.3 Å². The van der Waals surface area contributed by atoms with Crippen molar-refractivity contribution in [3.63, 3.8) is 0 Å². The molecular formula is C20H29N5O. The van der Waals surface area contributed by atoms with Crippen molar-refractivity contribution in [2.24, 2.45) is 5.92 Å². The van der Waals surface area contributed by atoms with Gasteiger partial charge in [0.2, 0.25) is 0 Å². The van der Waals surface area contributed by atoms with Gasteiger partial charge in [-0.2, -0.15) is 5.10 Å². The molecule has 0 aliphatic carbocycles. The number of piperidine rings is 1. The second kappa shape index (κ2) is 8.94. The fraction of sp³-hybridized carbons (Fsp3) is 0.550. The Labute approximate surface area is 155 Å². The zero-order chi connectivity index (χ0) is 18.4. The van der Waals surface area contributed by atoms with Crippen LogP contribution in [-0.2, 0) is 13.0 Å². The number of aromatic nitrogens is 3. The Morgan fingerprint density at radius 1 is 1.31 bits per heavy atom. The lowest BCUT2D eigenvalue weighted by molar-refractivity contribution is 0.0952. The predicted octanol–water partition coefficient (Wildman–Crippen LogP) is 2.26. The molecule has 1 saturated heterocycles. The van der Waals surface area contributed by atoms with Crippen LogP contribution in [0.4, 0.5) is 0 Å². The molecule has 0 spiro atoms. The van der Waals surface area contributed by atoms with E-state index in [1.807, 2.05) is 36.7 Å². The highest BCUT2D eigenvalue weighted by Crippen LogP contribution is 2.18. The molecule has 0 bridgehead atoms.